The minimum absolute atomic E-state index is 0. The number of hydrogen-bond acceptors (Lipinski definition) is 9. The monoisotopic (exact) mass is 473 g/mol. The summed E-state index contributed by atoms with van der Waals surface area (Å²) in [7, 11) is 3.98. The Morgan fingerprint density at radius 1 is 0.774 bits per heavy atom. The molecule has 2 heterocycles. The van der Waals surface area contributed by atoms with Gasteiger partial charge in [-0.25, -0.2) is 0 Å². The van der Waals surface area contributed by atoms with Crippen LogP contribution in [0.4, 0.5) is 0 Å². The van der Waals surface area contributed by atoms with Crippen molar-refractivity contribution in [3.63, 3.8) is 0 Å². The molecule has 0 amide bonds. The minimum Gasteiger partial charge on any atom is -0.869 e. The Morgan fingerprint density at radius 2 is 1.16 bits per heavy atom. The average Bonchev–Trinajstić information content (AvgIpc) is 3.51. The van der Waals surface area contributed by atoms with E-state index in [2.05, 4.69) is 20.6 Å². The summed E-state index contributed by atoms with van der Waals surface area (Å²) in [6, 6.07) is 10.4. The molecule has 0 atom stereocenters. The van der Waals surface area contributed by atoms with Gasteiger partial charge in [-0.05, 0) is 12.1 Å². The second-order valence-corrected chi connectivity index (χ2v) is 5.99. The minimum atomic E-state index is -0.108. The van der Waals surface area contributed by atoms with Gasteiger partial charge in [0.15, 0.2) is 0 Å². The van der Waals surface area contributed by atoms with E-state index in [-0.39, 0.29) is 28.3 Å². The summed E-state index contributed by atoms with van der Waals surface area (Å²) in [5.74, 6) is 1.85. The molecule has 1 radical (unpaired) electrons. The molecule has 9 nitrogen and oxygen atoms in total. The van der Waals surface area contributed by atoms with Gasteiger partial charge in [0.05, 0.1) is 27.3 Å². The first-order valence-electron chi connectivity index (χ1n) is 9.36. The van der Waals surface area contributed by atoms with E-state index in [1.54, 1.807) is 36.4 Å². The molecule has 0 aliphatic carbocycles. The maximum atomic E-state index is 11.7. The van der Waals surface area contributed by atoms with Crippen LogP contribution in [0.25, 0.3) is 0 Å². The summed E-state index contributed by atoms with van der Waals surface area (Å²) >= 11 is 0. The summed E-state index contributed by atoms with van der Waals surface area (Å²) in [5.41, 5.74) is 1.17. The zero-order chi connectivity index (χ0) is 21.9. The fourth-order valence-corrected chi connectivity index (χ4v) is 2.88. The molecule has 0 aromatic heterocycles. The number of amidine groups is 2. The number of rotatable bonds is 4. The first-order valence-corrected chi connectivity index (χ1v) is 9.36. The maximum absolute atomic E-state index is 11.7. The van der Waals surface area contributed by atoms with Crippen LogP contribution in [-0.2, 0) is 16.8 Å². The van der Waals surface area contributed by atoms with Crippen molar-refractivity contribution in [2.45, 2.75) is 0 Å². The Kier molecular flexibility index (Phi) is 11.2. The molecule has 4 rings (SSSR count). The van der Waals surface area contributed by atoms with Crippen LogP contribution in [0.15, 0.2) is 46.4 Å². The number of aliphatic hydroxyl groups is 1. The number of aliphatic hydroxyl groups excluding tert-OH is 1. The third kappa shape index (κ3) is 6.51. The number of ether oxygens (including phenoxy) is 2. The molecular formula is C21H26CoN4O5. The van der Waals surface area contributed by atoms with E-state index >= 15 is 0 Å². The number of aliphatic imine (C=N–C) groups is 2. The molecule has 10 heteroatoms. The normalized spacial score (nSPS) is 13.5. The number of hydrogen-bond donors (Lipinski definition) is 3. The van der Waals surface area contributed by atoms with Gasteiger partial charge < -0.3 is 35.4 Å². The van der Waals surface area contributed by atoms with Crippen LogP contribution in [0.1, 0.15) is 11.1 Å². The molecule has 2 aromatic rings. The van der Waals surface area contributed by atoms with Crippen LogP contribution in [0.2, 0.25) is 0 Å². The molecule has 2 aliphatic heterocycles. The number of methoxy groups -OCH3 is 2. The van der Waals surface area contributed by atoms with Crippen molar-refractivity contribution in [2.75, 3.05) is 47.5 Å². The van der Waals surface area contributed by atoms with E-state index in [1.807, 2.05) is 0 Å². The molecule has 2 aromatic carbocycles. The zero-order valence-corrected chi connectivity index (χ0v) is 18.6. The molecule has 0 saturated carbocycles. The van der Waals surface area contributed by atoms with Gasteiger partial charge >= 0.3 is 16.8 Å². The second kappa shape index (κ2) is 13.4. The van der Waals surface area contributed by atoms with Crippen molar-refractivity contribution < 1.29 is 41.6 Å². The molecular weight excluding hydrogens is 447 g/mol. The Hall–Kier alpha value is -2.95. The molecule has 0 bridgehead atoms. The van der Waals surface area contributed by atoms with Crippen molar-refractivity contribution in [1.29, 1.82) is 0 Å². The van der Waals surface area contributed by atoms with Crippen molar-refractivity contribution in [3.05, 3.63) is 47.5 Å². The first kappa shape index (κ1) is 26.1. The van der Waals surface area contributed by atoms with Crippen molar-refractivity contribution in [1.82, 2.24) is 10.6 Å². The Morgan fingerprint density at radius 3 is 1.45 bits per heavy atom. The van der Waals surface area contributed by atoms with Gasteiger partial charge in [0.1, 0.15) is 23.2 Å². The first-order chi connectivity index (χ1) is 14.7. The largest absolute Gasteiger partial charge is 2.00 e. The van der Waals surface area contributed by atoms with E-state index in [0.717, 1.165) is 33.3 Å². The van der Waals surface area contributed by atoms with Crippen LogP contribution < -0.4 is 30.3 Å². The number of para-hydroxylation sites is 2. The molecule has 31 heavy (non-hydrogen) atoms. The van der Waals surface area contributed by atoms with Crippen molar-refractivity contribution in [2.24, 2.45) is 9.98 Å². The Labute approximate surface area is 192 Å². The van der Waals surface area contributed by atoms with Gasteiger partial charge in [-0.3, -0.25) is 9.98 Å². The topological polar surface area (TPSA) is 134 Å². The van der Waals surface area contributed by atoms with Crippen LogP contribution >= 0.6 is 0 Å². The van der Waals surface area contributed by atoms with E-state index in [0.29, 0.717) is 34.3 Å². The standard InChI is InChI=1S/2C10H12N2O2.CH4O.Co/c2*1-14-8-4-2-3-7(9(8)13)10-11-5-6-12-10;1-2;/h2*2-4,13H,5-6H2,1H3,(H,11,12);2H,1H3;/q;;;+2/p-2. The van der Waals surface area contributed by atoms with Crippen LogP contribution in [-0.4, -0.2) is 64.3 Å². The van der Waals surface area contributed by atoms with E-state index in [9.17, 15) is 10.2 Å². The SMILES string of the molecule is CO.COc1cccc(C2=NCCN2)c1[O-].COc1cccc(C2=NCCN2)c1[O-].[Co+2]. The van der Waals surface area contributed by atoms with Gasteiger partial charge in [-0.1, -0.05) is 35.8 Å². The third-order valence-electron chi connectivity index (χ3n) is 4.26. The molecule has 0 fully saturated rings. The van der Waals surface area contributed by atoms with Gasteiger partial charge in [-0.15, -0.1) is 0 Å². The predicted octanol–water partition coefficient (Wildman–Crippen LogP) is -0.157. The average molecular weight is 473 g/mol. The molecule has 0 spiro atoms. The van der Waals surface area contributed by atoms with Gasteiger partial charge in [0.25, 0.3) is 0 Å². The fraction of sp³-hybridized carbons (Fsp3) is 0.333. The molecule has 2 aliphatic rings. The maximum Gasteiger partial charge on any atom is 2.00 e. The Bertz CT molecular complexity index is 832. The van der Waals surface area contributed by atoms with Crippen LogP contribution in [0.3, 0.4) is 0 Å². The van der Waals surface area contributed by atoms with Crippen molar-refractivity contribution in [3.8, 4) is 23.0 Å². The summed E-state index contributed by atoms with van der Waals surface area (Å²) < 4.78 is 9.90. The van der Waals surface area contributed by atoms with Gasteiger partial charge in [-0.2, -0.15) is 0 Å². The predicted molar refractivity (Wildman–Crippen MR) is 112 cm³/mol. The van der Waals surface area contributed by atoms with E-state index in [4.69, 9.17) is 14.6 Å². The molecule has 0 saturated heterocycles. The smallest absolute Gasteiger partial charge is 0.869 e. The fourth-order valence-electron chi connectivity index (χ4n) is 2.88. The summed E-state index contributed by atoms with van der Waals surface area (Å²) in [6.45, 7) is 3.05. The van der Waals surface area contributed by atoms with Gasteiger partial charge in [0.2, 0.25) is 0 Å². The third-order valence-corrected chi connectivity index (χ3v) is 4.26. The number of nitrogens with zero attached hydrogens (tertiary/aromatic N) is 2. The molecule has 3 N–H and O–H groups in total. The zero-order valence-electron chi connectivity index (χ0n) is 17.6. The summed E-state index contributed by atoms with van der Waals surface area (Å²) in [5, 5.41) is 36.6. The molecule has 169 valence electrons. The Balaban J connectivity index is 0.000000279. The van der Waals surface area contributed by atoms with Crippen molar-refractivity contribution >= 4 is 11.7 Å². The molecule has 0 unspecified atom stereocenters. The number of nitrogens with one attached hydrogen (secondary N) is 2. The van der Waals surface area contributed by atoms with Gasteiger partial charge in [0, 0.05) is 31.3 Å². The van der Waals surface area contributed by atoms with Crippen LogP contribution in [0, 0.1) is 0 Å². The number of benzene rings is 2. The van der Waals surface area contributed by atoms with E-state index < -0.39 is 0 Å². The van der Waals surface area contributed by atoms with E-state index in [1.165, 1.54) is 14.2 Å². The quantitative estimate of drug-likeness (QED) is 0.562. The van der Waals surface area contributed by atoms with Crippen LogP contribution in [0.5, 0.6) is 23.0 Å². The second-order valence-electron chi connectivity index (χ2n) is 5.99. The summed E-state index contributed by atoms with van der Waals surface area (Å²) in [6.07, 6.45) is 0. The summed E-state index contributed by atoms with van der Waals surface area (Å²) in [4.78, 5) is 8.38.